The van der Waals surface area contributed by atoms with E-state index in [1.165, 1.54) is 32.7 Å². The zero-order chi connectivity index (χ0) is 18.3. The number of likely N-dealkylation sites (tertiary alicyclic amines) is 1. The van der Waals surface area contributed by atoms with Crippen LogP contribution in [0.25, 0.3) is 4.96 Å². The lowest BCUT2D eigenvalue weighted by molar-refractivity contribution is -0.930. The van der Waals surface area contributed by atoms with Crippen molar-refractivity contribution in [1.82, 2.24) is 14.6 Å². The molecule has 2 N–H and O–H groups in total. The number of nitrogens with one attached hydrogen (secondary N) is 1. The van der Waals surface area contributed by atoms with Crippen molar-refractivity contribution in [2.24, 2.45) is 5.92 Å². The van der Waals surface area contributed by atoms with E-state index in [1.54, 1.807) is 11.3 Å². The third kappa shape index (κ3) is 3.00. The molecule has 9 heteroatoms. The van der Waals surface area contributed by atoms with Gasteiger partial charge in [-0.05, 0) is 18.4 Å². The van der Waals surface area contributed by atoms with Crippen LogP contribution in [0.4, 0.5) is 0 Å². The van der Waals surface area contributed by atoms with Crippen molar-refractivity contribution < 1.29 is 19.5 Å². The number of aromatic hydroxyl groups is 1. The average Bonchev–Trinajstić information content (AvgIpc) is 3.35. The highest BCUT2D eigenvalue weighted by atomic mass is 32.1. The number of methoxy groups -OCH3 is 1. The van der Waals surface area contributed by atoms with E-state index in [0.717, 1.165) is 30.8 Å². The molecule has 3 aromatic rings. The average molecular weight is 394 g/mol. The number of aryl methyl sites for hydroxylation is 1. The predicted octanol–water partition coefficient (Wildman–Crippen LogP) is 1.42. The Morgan fingerprint density at radius 3 is 2.85 bits per heavy atom. The predicted molar refractivity (Wildman–Crippen MR) is 98.9 cm³/mol. The molecule has 1 aliphatic rings. The number of hydrogen-bond donors (Lipinski definition) is 2. The highest BCUT2D eigenvalue weighted by Gasteiger charge is 2.37. The summed E-state index contributed by atoms with van der Waals surface area (Å²) in [6.45, 7) is 3.53. The van der Waals surface area contributed by atoms with Crippen LogP contribution in [0.15, 0.2) is 17.5 Å². The maximum atomic E-state index is 11.8. The van der Waals surface area contributed by atoms with Gasteiger partial charge in [-0.1, -0.05) is 17.4 Å². The standard InChI is InChI=1S/C17H20N4O3S2/c1-10-18-17-21(19-10)15(22)14(26-17)13(12-4-3-9-25-12)20-7-5-11(6-8-20)16(23)24-2/h3-4,9,11,13,22H,5-8H2,1-2H3/p+1/t13-/m1/s1. The molecule has 4 rings (SSSR count). The van der Waals surface area contributed by atoms with Gasteiger partial charge in [0.1, 0.15) is 10.7 Å². The Balaban J connectivity index is 1.66. The zero-order valence-corrected chi connectivity index (χ0v) is 16.3. The van der Waals surface area contributed by atoms with Crippen molar-refractivity contribution in [3.05, 3.63) is 33.1 Å². The minimum Gasteiger partial charge on any atom is -0.492 e. The molecule has 138 valence electrons. The number of ether oxygens (including phenoxy) is 1. The Kier molecular flexibility index (Phi) is 4.68. The van der Waals surface area contributed by atoms with E-state index in [4.69, 9.17) is 4.74 Å². The Labute approximate surface area is 158 Å². The Bertz CT molecular complexity index is 910. The van der Waals surface area contributed by atoms with Crippen LogP contribution in [-0.2, 0) is 9.53 Å². The summed E-state index contributed by atoms with van der Waals surface area (Å²) >= 11 is 3.18. The Morgan fingerprint density at radius 2 is 2.23 bits per heavy atom. The molecular weight excluding hydrogens is 372 g/mol. The molecule has 0 aromatic carbocycles. The van der Waals surface area contributed by atoms with Crippen LogP contribution in [0.2, 0.25) is 0 Å². The SMILES string of the molecule is COC(=O)C1CC[NH+]([C@H](c2cccs2)c2sc3nc(C)nn3c2O)CC1. The summed E-state index contributed by atoms with van der Waals surface area (Å²) in [7, 11) is 1.45. The lowest BCUT2D eigenvalue weighted by atomic mass is 9.95. The number of thiophene rings is 1. The van der Waals surface area contributed by atoms with Gasteiger partial charge in [0.2, 0.25) is 10.8 Å². The van der Waals surface area contributed by atoms with Crippen LogP contribution in [0.5, 0.6) is 5.88 Å². The van der Waals surface area contributed by atoms with Gasteiger partial charge in [0.15, 0.2) is 6.04 Å². The summed E-state index contributed by atoms with van der Waals surface area (Å²) in [5, 5.41) is 17.1. The minimum atomic E-state index is -0.117. The largest absolute Gasteiger partial charge is 0.492 e. The van der Waals surface area contributed by atoms with E-state index >= 15 is 0 Å². The molecule has 0 spiro atoms. The zero-order valence-electron chi connectivity index (χ0n) is 14.6. The van der Waals surface area contributed by atoms with Crippen molar-refractivity contribution >= 4 is 33.6 Å². The molecule has 3 aromatic heterocycles. The van der Waals surface area contributed by atoms with E-state index in [1.807, 2.05) is 13.0 Å². The van der Waals surface area contributed by atoms with Crippen molar-refractivity contribution in [3.63, 3.8) is 0 Å². The molecule has 0 aliphatic carbocycles. The van der Waals surface area contributed by atoms with Crippen molar-refractivity contribution in [1.29, 1.82) is 0 Å². The summed E-state index contributed by atoms with van der Waals surface area (Å²) in [6.07, 6.45) is 1.59. The second kappa shape index (κ2) is 6.98. The second-order valence-electron chi connectivity index (χ2n) is 6.55. The molecule has 1 aliphatic heterocycles. The molecule has 0 saturated carbocycles. The molecule has 0 unspecified atom stereocenters. The van der Waals surface area contributed by atoms with Gasteiger partial charge in [-0.25, -0.2) is 4.98 Å². The van der Waals surface area contributed by atoms with Crippen LogP contribution in [0.1, 0.15) is 34.5 Å². The number of piperidine rings is 1. The molecule has 7 nitrogen and oxygen atoms in total. The van der Waals surface area contributed by atoms with Crippen molar-refractivity contribution in [2.75, 3.05) is 20.2 Å². The van der Waals surface area contributed by atoms with E-state index in [2.05, 4.69) is 21.5 Å². The minimum absolute atomic E-state index is 0.0219. The monoisotopic (exact) mass is 393 g/mol. The molecule has 0 amide bonds. The van der Waals surface area contributed by atoms with Gasteiger partial charge < -0.3 is 14.7 Å². The van der Waals surface area contributed by atoms with Crippen molar-refractivity contribution in [2.45, 2.75) is 25.8 Å². The molecule has 0 radical (unpaired) electrons. The third-order valence-corrected chi connectivity index (χ3v) is 6.99. The number of thiazole rings is 1. The molecule has 1 fully saturated rings. The second-order valence-corrected chi connectivity index (χ2v) is 8.54. The van der Waals surface area contributed by atoms with Crippen LogP contribution in [-0.4, -0.2) is 45.9 Å². The topological polar surface area (TPSA) is 81.2 Å². The number of aromatic nitrogens is 3. The van der Waals surface area contributed by atoms with Crippen molar-refractivity contribution in [3.8, 4) is 5.88 Å². The van der Waals surface area contributed by atoms with E-state index in [-0.39, 0.29) is 23.8 Å². The Hall–Kier alpha value is -1.97. The van der Waals surface area contributed by atoms with Crippen LogP contribution in [0, 0.1) is 12.8 Å². The smallest absolute Gasteiger partial charge is 0.309 e. The number of hydrogen-bond acceptors (Lipinski definition) is 7. The summed E-state index contributed by atoms with van der Waals surface area (Å²) in [5.41, 5.74) is 0. The molecule has 4 heterocycles. The van der Waals surface area contributed by atoms with Gasteiger partial charge in [0.25, 0.3) is 0 Å². The highest BCUT2D eigenvalue weighted by molar-refractivity contribution is 7.17. The molecule has 0 bridgehead atoms. The maximum Gasteiger partial charge on any atom is 0.309 e. The van der Waals surface area contributed by atoms with Crippen LogP contribution in [0.3, 0.4) is 0 Å². The lowest BCUT2D eigenvalue weighted by Gasteiger charge is -2.33. The first-order valence-corrected chi connectivity index (χ1v) is 10.3. The fraction of sp³-hybridized carbons (Fsp3) is 0.471. The van der Waals surface area contributed by atoms with Gasteiger partial charge in [-0.2, -0.15) is 4.52 Å². The summed E-state index contributed by atoms with van der Waals surface area (Å²) in [6, 6.07) is 4.17. The number of rotatable bonds is 4. The number of nitrogens with zero attached hydrogens (tertiary/aromatic N) is 3. The first kappa shape index (κ1) is 17.4. The first-order valence-electron chi connectivity index (χ1n) is 8.59. The number of esters is 1. The van der Waals surface area contributed by atoms with Gasteiger partial charge in [-0.15, -0.1) is 16.4 Å². The molecule has 1 saturated heterocycles. The lowest BCUT2D eigenvalue weighted by Crippen LogP contribution is -3.13. The summed E-state index contributed by atoms with van der Waals surface area (Å²) < 4.78 is 6.42. The Morgan fingerprint density at radius 1 is 1.46 bits per heavy atom. The quantitative estimate of drug-likeness (QED) is 0.656. The highest BCUT2D eigenvalue weighted by Crippen LogP contribution is 2.36. The normalized spacial score (nSPS) is 21.8. The maximum absolute atomic E-state index is 11.8. The van der Waals surface area contributed by atoms with E-state index in [9.17, 15) is 9.90 Å². The third-order valence-electron chi connectivity index (χ3n) is 4.97. The molecular formula is C17H21N4O3S2+. The van der Waals surface area contributed by atoms with Crippen LogP contribution < -0.4 is 4.90 Å². The van der Waals surface area contributed by atoms with Gasteiger partial charge in [-0.3, -0.25) is 4.79 Å². The summed E-state index contributed by atoms with van der Waals surface area (Å²) in [4.78, 5) is 20.4. The van der Waals surface area contributed by atoms with E-state index in [0.29, 0.717) is 10.8 Å². The number of fused-ring (bicyclic) bond motifs is 1. The first-order chi connectivity index (χ1) is 12.6. The van der Waals surface area contributed by atoms with Crippen LogP contribution >= 0.6 is 22.7 Å². The van der Waals surface area contributed by atoms with Gasteiger partial charge >= 0.3 is 5.97 Å². The van der Waals surface area contributed by atoms with E-state index < -0.39 is 0 Å². The fourth-order valence-electron chi connectivity index (χ4n) is 3.69. The number of carbonyl (C=O) groups is 1. The van der Waals surface area contributed by atoms with Gasteiger partial charge in [0, 0.05) is 12.8 Å². The van der Waals surface area contributed by atoms with Gasteiger partial charge in [0.05, 0.1) is 31.0 Å². The summed E-state index contributed by atoms with van der Waals surface area (Å²) in [5.74, 6) is 0.684. The fourth-order valence-corrected chi connectivity index (χ4v) is 5.83. The number of carbonyl (C=O) groups excluding carboxylic acids is 1. The number of quaternary nitrogens is 1. The molecule has 26 heavy (non-hydrogen) atoms. The molecule has 1 atom stereocenters.